The molecule has 0 saturated heterocycles. The zero-order valence-corrected chi connectivity index (χ0v) is 19.4. The Morgan fingerprint density at radius 2 is 0.921 bits per heavy atom. The summed E-state index contributed by atoms with van der Waals surface area (Å²) in [4.78, 5) is 12.6. The molecule has 0 spiro atoms. The maximum atomic E-state index is 14.7. The monoisotopic (exact) mass is 538 g/mol. The van der Waals surface area contributed by atoms with E-state index in [9.17, 15) is 39.9 Å². The number of carbonyl (C=O) groups is 1. The lowest BCUT2D eigenvalue weighted by atomic mass is 9.99. The van der Waals surface area contributed by atoms with Gasteiger partial charge in [0.15, 0.2) is 40.7 Å². The van der Waals surface area contributed by atoms with Gasteiger partial charge in [-0.25, -0.2) is 26.3 Å². The summed E-state index contributed by atoms with van der Waals surface area (Å²) in [5, 5.41) is 0. The third kappa shape index (κ3) is 4.44. The maximum Gasteiger partial charge on any atom is 0.205 e. The lowest BCUT2D eigenvalue weighted by molar-refractivity contribution is 0.103. The summed E-state index contributed by atoms with van der Waals surface area (Å²) >= 11 is 0. The van der Waals surface area contributed by atoms with Gasteiger partial charge in [0.25, 0.3) is 0 Å². The molecule has 3 nitrogen and oxygen atoms in total. The summed E-state index contributed by atoms with van der Waals surface area (Å²) in [7, 11) is 1.45. The van der Waals surface area contributed by atoms with Gasteiger partial charge in [-0.05, 0) is 55.5 Å². The second-order valence-electron chi connectivity index (χ2n) is 7.90. The normalized spacial score (nSPS) is 11.0. The molecule has 11 heteroatoms. The third-order valence-corrected chi connectivity index (χ3v) is 5.64. The Bertz CT molecular complexity index is 1510. The summed E-state index contributed by atoms with van der Waals surface area (Å²) in [5.41, 5.74) is -4.68. The molecule has 4 rings (SSSR count). The SMILES string of the molecule is COc1ccc(C(=O)c2ccc(Oc3c(F)c(F)c(-c4c(F)c(F)c(C)c(F)c4F)c(F)c3F)cc2)cc1. The van der Waals surface area contributed by atoms with E-state index < -0.39 is 74.8 Å². The third-order valence-electron chi connectivity index (χ3n) is 5.64. The van der Waals surface area contributed by atoms with E-state index in [1.165, 1.54) is 31.4 Å². The molecule has 0 fully saturated rings. The predicted molar refractivity (Wildman–Crippen MR) is 119 cm³/mol. The Hall–Kier alpha value is -4.41. The molecular weight excluding hydrogens is 524 g/mol. The lowest BCUT2D eigenvalue weighted by Crippen LogP contribution is -2.09. The van der Waals surface area contributed by atoms with E-state index in [1.807, 2.05) is 0 Å². The summed E-state index contributed by atoms with van der Waals surface area (Å²) in [5.74, 6) is -19.6. The van der Waals surface area contributed by atoms with Crippen LogP contribution < -0.4 is 9.47 Å². The Balaban J connectivity index is 1.70. The van der Waals surface area contributed by atoms with E-state index in [0.29, 0.717) is 18.2 Å². The van der Waals surface area contributed by atoms with Crippen LogP contribution in [0.5, 0.6) is 17.2 Å². The molecule has 0 aliphatic rings. The van der Waals surface area contributed by atoms with Crippen molar-refractivity contribution >= 4 is 5.78 Å². The van der Waals surface area contributed by atoms with Crippen LogP contribution in [0.25, 0.3) is 11.1 Å². The fourth-order valence-electron chi connectivity index (χ4n) is 3.58. The summed E-state index contributed by atoms with van der Waals surface area (Å²) in [6, 6.07) is 10.7. The molecule has 0 aliphatic heterocycles. The van der Waals surface area contributed by atoms with E-state index in [-0.39, 0.29) is 11.3 Å². The van der Waals surface area contributed by atoms with Crippen LogP contribution in [0.3, 0.4) is 0 Å². The highest BCUT2D eigenvalue weighted by Crippen LogP contribution is 2.41. The van der Waals surface area contributed by atoms with Gasteiger partial charge >= 0.3 is 0 Å². The first kappa shape index (κ1) is 26.6. The van der Waals surface area contributed by atoms with Crippen molar-refractivity contribution in [3.63, 3.8) is 0 Å². The van der Waals surface area contributed by atoms with E-state index in [1.54, 1.807) is 12.1 Å². The molecule has 0 amide bonds. The van der Waals surface area contributed by atoms with Gasteiger partial charge in [0.2, 0.25) is 17.4 Å². The standard InChI is InChI=1S/C27H14F8O3/c1-11-18(28)20(30)16(21(31)19(11)29)17-22(32)24(34)27(25(35)23(17)33)38-15-9-5-13(6-10-15)26(36)12-3-7-14(37-2)8-4-12/h3-10H,1-2H3. The molecule has 38 heavy (non-hydrogen) atoms. The van der Waals surface area contributed by atoms with E-state index in [0.717, 1.165) is 12.1 Å². The molecule has 0 aromatic heterocycles. The number of methoxy groups -OCH3 is 1. The van der Waals surface area contributed by atoms with Gasteiger partial charge in [0.05, 0.1) is 18.2 Å². The Kier molecular flexibility index (Phi) is 7.12. The molecule has 4 aromatic carbocycles. The first-order valence-electron chi connectivity index (χ1n) is 10.6. The molecule has 0 saturated carbocycles. The molecule has 0 N–H and O–H groups in total. The molecular formula is C27H14F8O3. The smallest absolute Gasteiger partial charge is 0.205 e. The van der Waals surface area contributed by atoms with Gasteiger partial charge in [-0.15, -0.1) is 0 Å². The quantitative estimate of drug-likeness (QED) is 0.143. The lowest BCUT2D eigenvalue weighted by Gasteiger charge is -2.15. The van der Waals surface area contributed by atoms with Crippen molar-refractivity contribution in [2.45, 2.75) is 6.92 Å². The van der Waals surface area contributed by atoms with E-state index in [2.05, 4.69) is 0 Å². The minimum Gasteiger partial charge on any atom is -0.497 e. The van der Waals surface area contributed by atoms with Gasteiger partial charge in [-0.3, -0.25) is 4.79 Å². The Morgan fingerprint density at radius 1 is 0.553 bits per heavy atom. The molecule has 0 unspecified atom stereocenters. The van der Waals surface area contributed by atoms with Crippen molar-refractivity contribution in [3.8, 4) is 28.4 Å². The fourth-order valence-corrected chi connectivity index (χ4v) is 3.58. The van der Waals surface area contributed by atoms with E-state index >= 15 is 0 Å². The molecule has 196 valence electrons. The number of carbonyl (C=O) groups excluding carboxylic acids is 1. The summed E-state index contributed by atoms with van der Waals surface area (Å²) in [6.07, 6.45) is 0. The topological polar surface area (TPSA) is 35.5 Å². The van der Waals surface area contributed by atoms with Gasteiger partial charge in [0, 0.05) is 16.7 Å². The van der Waals surface area contributed by atoms with Crippen molar-refractivity contribution in [3.05, 3.63) is 112 Å². The van der Waals surface area contributed by atoms with Crippen LogP contribution in [0.1, 0.15) is 21.5 Å². The highest BCUT2D eigenvalue weighted by atomic mass is 19.2. The minimum absolute atomic E-state index is 0.130. The first-order chi connectivity index (χ1) is 18.0. The number of hydrogen-bond acceptors (Lipinski definition) is 3. The van der Waals surface area contributed by atoms with Crippen molar-refractivity contribution in [2.24, 2.45) is 0 Å². The zero-order valence-electron chi connectivity index (χ0n) is 19.4. The summed E-state index contributed by atoms with van der Waals surface area (Å²) < 4.78 is 125. The fraction of sp³-hybridized carbons (Fsp3) is 0.0741. The zero-order chi connectivity index (χ0) is 27.9. The highest BCUT2D eigenvalue weighted by Gasteiger charge is 2.34. The van der Waals surface area contributed by atoms with Crippen LogP contribution in [0.4, 0.5) is 35.1 Å². The predicted octanol–water partition coefficient (Wildman–Crippen LogP) is 7.81. The number of ketones is 1. The first-order valence-corrected chi connectivity index (χ1v) is 10.6. The maximum absolute atomic E-state index is 14.7. The molecule has 0 heterocycles. The number of benzene rings is 4. The molecule has 4 aromatic rings. The van der Waals surface area contributed by atoms with Crippen molar-refractivity contribution < 1.29 is 49.4 Å². The van der Waals surface area contributed by atoms with Crippen LogP contribution in [0.15, 0.2) is 48.5 Å². The van der Waals surface area contributed by atoms with Gasteiger partial charge in [0.1, 0.15) is 11.5 Å². The van der Waals surface area contributed by atoms with E-state index in [4.69, 9.17) is 9.47 Å². The van der Waals surface area contributed by atoms with Gasteiger partial charge in [-0.1, -0.05) is 0 Å². The van der Waals surface area contributed by atoms with Gasteiger partial charge in [-0.2, -0.15) is 8.78 Å². The second kappa shape index (κ2) is 10.2. The van der Waals surface area contributed by atoms with Gasteiger partial charge < -0.3 is 9.47 Å². The van der Waals surface area contributed by atoms with Crippen LogP contribution in [0, 0.1) is 53.5 Å². The number of ether oxygens (including phenoxy) is 2. The van der Waals surface area contributed by atoms with Crippen LogP contribution in [-0.2, 0) is 0 Å². The minimum atomic E-state index is -2.36. The molecule has 0 aliphatic carbocycles. The Morgan fingerprint density at radius 3 is 1.32 bits per heavy atom. The number of halogens is 8. The van der Waals surface area contributed by atoms with Crippen LogP contribution in [-0.4, -0.2) is 12.9 Å². The summed E-state index contributed by atoms with van der Waals surface area (Å²) in [6.45, 7) is 0.654. The molecule has 0 bridgehead atoms. The number of hydrogen-bond donors (Lipinski definition) is 0. The van der Waals surface area contributed by atoms with Crippen molar-refractivity contribution in [1.82, 2.24) is 0 Å². The van der Waals surface area contributed by atoms with Crippen LogP contribution in [0.2, 0.25) is 0 Å². The highest BCUT2D eigenvalue weighted by molar-refractivity contribution is 6.09. The molecule has 0 radical (unpaired) electrons. The number of rotatable bonds is 6. The Labute approximate surface area is 209 Å². The second-order valence-corrected chi connectivity index (χ2v) is 7.90. The van der Waals surface area contributed by atoms with Crippen molar-refractivity contribution in [2.75, 3.05) is 7.11 Å². The molecule has 0 atom stereocenters. The average Bonchev–Trinajstić information content (AvgIpc) is 2.94. The average molecular weight is 538 g/mol. The van der Waals surface area contributed by atoms with Crippen LogP contribution >= 0.6 is 0 Å². The largest absolute Gasteiger partial charge is 0.497 e. The van der Waals surface area contributed by atoms with Crippen molar-refractivity contribution in [1.29, 1.82) is 0 Å².